The molecule has 1 saturated heterocycles. The van der Waals surface area contributed by atoms with E-state index in [1.165, 1.54) is 0 Å². The van der Waals surface area contributed by atoms with Gasteiger partial charge in [0.05, 0.1) is 28.8 Å². The van der Waals surface area contributed by atoms with Gasteiger partial charge in [-0.15, -0.1) is 0 Å². The van der Waals surface area contributed by atoms with Gasteiger partial charge in [-0.3, -0.25) is 9.78 Å². The topological polar surface area (TPSA) is 63.1 Å². The Balaban J connectivity index is 1.80. The van der Waals surface area contributed by atoms with Gasteiger partial charge in [0.2, 0.25) is 5.91 Å². The van der Waals surface area contributed by atoms with Crippen LogP contribution in [0.25, 0.3) is 5.69 Å². The average molecular weight is 320 g/mol. The molecule has 3 heterocycles. The number of anilines is 1. The molecule has 0 aliphatic carbocycles. The summed E-state index contributed by atoms with van der Waals surface area (Å²) >= 11 is 5.96. The molecule has 0 spiro atoms. The fourth-order valence-corrected chi connectivity index (χ4v) is 2.97. The first-order chi connectivity index (χ1) is 10.7. The van der Waals surface area contributed by atoms with Crippen LogP contribution in [0.5, 0.6) is 0 Å². The van der Waals surface area contributed by atoms with Crippen molar-refractivity contribution in [3.05, 3.63) is 35.9 Å². The fraction of sp³-hybridized carbons (Fsp3) is 0.400. The summed E-state index contributed by atoms with van der Waals surface area (Å²) in [6.07, 6.45) is 8.65. The summed E-state index contributed by atoms with van der Waals surface area (Å²) in [5.74, 6) is 0.227. The molecule has 2 aromatic heterocycles. The lowest BCUT2D eigenvalue weighted by molar-refractivity contribution is -0.125. The maximum Gasteiger partial charge on any atom is 0.222 e. The molecule has 1 amide bonds. The third-order valence-corrected chi connectivity index (χ3v) is 4.22. The molecule has 2 aromatic rings. The van der Waals surface area contributed by atoms with Gasteiger partial charge in [0.25, 0.3) is 0 Å². The van der Waals surface area contributed by atoms with E-state index >= 15 is 0 Å². The van der Waals surface area contributed by atoms with E-state index in [9.17, 15) is 4.79 Å². The number of hydrogen-bond donors (Lipinski definition) is 1. The number of nitrogens with one attached hydrogen (secondary N) is 1. The van der Waals surface area contributed by atoms with Crippen LogP contribution in [-0.2, 0) is 4.79 Å². The van der Waals surface area contributed by atoms with Crippen LogP contribution in [0.4, 0.5) is 5.69 Å². The molecule has 6 nitrogen and oxygen atoms in total. The number of carbonyl (C=O) groups excluding carboxylic acids is 1. The van der Waals surface area contributed by atoms with E-state index in [4.69, 9.17) is 11.6 Å². The number of piperidine rings is 1. The molecule has 1 fully saturated rings. The summed E-state index contributed by atoms with van der Waals surface area (Å²) in [4.78, 5) is 18.2. The summed E-state index contributed by atoms with van der Waals surface area (Å²) in [5, 5.41) is 7.59. The minimum Gasteiger partial charge on any atom is -0.368 e. The second-order valence-electron chi connectivity index (χ2n) is 5.34. The van der Waals surface area contributed by atoms with E-state index in [1.54, 1.807) is 30.3 Å². The smallest absolute Gasteiger partial charge is 0.222 e. The molecular weight excluding hydrogens is 302 g/mol. The standard InChI is InChI=1S/C15H18ClN5O/c1-17-15(22)11-3-6-20(7-4-11)14-9-18-5-2-13(14)21-10-12(16)8-19-21/h2,5,8-11H,3-4,6-7H2,1H3,(H,17,22). The molecule has 7 heteroatoms. The van der Waals surface area contributed by atoms with Crippen molar-refractivity contribution in [3.8, 4) is 5.69 Å². The zero-order chi connectivity index (χ0) is 15.5. The Morgan fingerprint density at radius 1 is 1.32 bits per heavy atom. The van der Waals surface area contributed by atoms with E-state index in [0.29, 0.717) is 5.02 Å². The van der Waals surface area contributed by atoms with Gasteiger partial charge in [0, 0.05) is 38.4 Å². The summed E-state index contributed by atoms with van der Waals surface area (Å²) in [5.41, 5.74) is 1.96. The Morgan fingerprint density at radius 3 is 2.73 bits per heavy atom. The zero-order valence-corrected chi connectivity index (χ0v) is 13.1. The Hall–Kier alpha value is -2.08. The molecule has 3 rings (SSSR count). The third-order valence-electron chi connectivity index (χ3n) is 4.03. The van der Waals surface area contributed by atoms with Gasteiger partial charge in [-0.25, -0.2) is 4.68 Å². The van der Waals surface area contributed by atoms with Crippen molar-refractivity contribution in [3.63, 3.8) is 0 Å². The molecule has 0 bridgehead atoms. The first kappa shape index (κ1) is 14.8. The van der Waals surface area contributed by atoms with Crippen molar-refractivity contribution in [1.82, 2.24) is 20.1 Å². The second kappa shape index (κ2) is 6.36. The largest absolute Gasteiger partial charge is 0.368 e. The molecule has 116 valence electrons. The van der Waals surface area contributed by atoms with Gasteiger partial charge < -0.3 is 10.2 Å². The highest BCUT2D eigenvalue weighted by Crippen LogP contribution is 2.28. The molecule has 0 saturated carbocycles. The Morgan fingerprint density at radius 2 is 2.09 bits per heavy atom. The van der Waals surface area contributed by atoms with Crippen LogP contribution in [0.2, 0.25) is 5.02 Å². The van der Waals surface area contributed by atoms with Crippen molar-refractivity contribution < 1.29 is 4.79 Å². The summed E-state index contributed by atoms with van der Waals surface area (Å²) in [6, 6.07) is 1.92. The summed E-state index contributed by atoms with van der Waals surface area (Å²) in [7, 11) is 1.69. The van der Waals surface area contributed by atoms with Crippen molar-refractivity contribution in [2.45, 2.75) is 12.8 Å². The molecule has 1 aliphatic heterocycles. The Kier molecular flexibility index (Phi) is 4.29. The van der Waals surface area contributed by atoms with Crippen molar-refractivity contribution in [2.24, 2.45) is 5.92 Å². The van der Waals surface area contributed by atoms with Gasteiger partial charge in [0.15, 0.2) is 0 Å². The van der Waals surface area contributed by atoms with E-state index in [1.807, 2.05) is 12.3 Å². The zero-order valence-electron chi connectivity index (χ0n) is 12.4. The number of rotatable bonds is 3. The Labute approximate surface area is 134 Å². The number of halogens is 1. The molecule has 0 radical (unpaired) electrons. The number of carbonyl (C=O) groups is 1. The lowest BCUT2D eigenvalue weighted by Crippen LogP contribution is -2.40. The van der Waals surface area contributed by atoms with E-state index in [-0.39, 0.29) is 11.8 Å². The number of pyridine rings is 1. The monoisotopic (exact) mass is 319 g/mol. The van der Waals surface area contributed by atoms with E-state index < -0.39 is 0 Å². The van der Waals surface area contributed by atoms with Gasteiger partial charge in [0.1, 0.15) is 0 Å². The number of hydrogen-bond acceptors (Lipinski definition) is 4. The first-order valence-corrected chi connectivity index (χ1v) is 7.68. The number of aromatic nitrogens is 3. The summed E-state index contributed by atoms with van der Waals surface area (Å²) < 4.78 is 1.75. The van der Waals surface area contributed by atoms with Gasteiger partial charge in [-0.05, 0) is 18.9 Å². The van der Waals surface area contributed by atoms with Crippen LogP contribution in [0.15, 0.2) is 30.9 Å². The minimum absolute atomic E-state index is 0.0977. The Bertz CT molecular complexity index is 663. The highest BCUT2D eigenvalue weighted by atomic mass is 35.5. The van der Waals surface area contributed by atoms with Crippen molar-refractivity contribution >= 4 is 23.2 Å². The molecule has 0 unspecified atom stereocenters. The molecule has 1 aliphatic rings. The maximum atomic E-state index is 11.7. The first-order valence-electron chi connectivity index (χ1n) is 7.30. The van der Waals surface area contributed by atoms with Gasteiger partial charge in [-0.2, -0.15) is 5.10 Å². The quantitative estimate of drug-likeness (QED) is 0.938. The van der Waals surface area contributed by atoms with E-state index in [0.717, 1.165) is 37.3 Å². The average Bonchev–Trinajstić information content (AvgIpc) is 3.00. The molecule has 0 atom stereocenters. The second-order valence-corrected chi connectivity index (χ2v) is 5.78. The third kappa shape index (κ3) is 2.92. The molecule has 0 aromatic carbocycles. The van der Waals surface area contributed by atoms with Gasteiger partial charge in [-0.1, -0.05) is 11.6 Å². The number of amides is 1. The minimum atomic E-state index is 0.0977. The van der Waals surface area contributed by atoms with Crippen LogP contribution in [-0.4, -0.2) is 40.8 Å². The fourth-order valence-electron chi connectivity index (χ4n) is 2.84. The molecular formula is C15H18ClN5O. The van der Waals surface area contributed by atoms with Crippen LogP contribution < -0.4 is 10.2 Å². The van der Waals surface area contributed by atoms with E-state index in [2.05, 4.69) is 20.3 Å². The number of nitrogens with zero attached hydrogens (tertiary/aromatic N) is 4. The van der Waals surface area contributed by atoms with Crippen molar-refractivity contribution in [1.29, 1.82) is 0 Å². The maximum absolute atomic E-state index is 11.7. The van der Waals surface area contributed by atoms with Crippen LogP contribution in [0, 0.1) is 5.92 Å². The van der Waals surface area contributed by atoms with Crippen LogP contribution in [0.3, 0.4) is 0 Å². The van der Waals surface area contributed by atoms with Crippen LogP contribution >= 0.6 is 11.6 Å². The normalized spacial score (nSPS) is 15.8. The summed E-state index contributed by atoms with van der Waals surface area (Å²) in [6.45, 7) is 1.65. The SMILES string of the molecule is CNC(=O)C1CCN(c2cnccc2-n2cc(Cl)cn2)CC1. The lowest BCUT2D eigenvalue weighted by atomic mass is 9.95. The van der Waals surface area contributed by atoms with Crippen LogP contribution in [0.1, 0.15) is 12.8 Å². The predicted molar refractivity (Wildman–Crippen MR) is 85.4 cm³/mol. The van der Waals surface area contributed by atoms with Crippen molar-refractivity contribution in [2.75, 3.05) is 25.0 Å². The highest BCUT2D eigenvalue weighted by molar-refractivity contribution is 6.30. The molecule has 1 N–H and O–H groups in total. The predicted octanol–water partition coefficient (Wildman–Crippen LogP) is 1.88. The highest BCUT2D eigenvalue weighted by Gasteiger charge is 2.25. The van der Waals surface area contributed by atoms with Gasteiger partial charge >= 0.3 is 0 Å². The lowest BCUT2D eigenvalue weighted by Gasteiger charge is -2.33. The molecule has 22 heavy (non-hydrogen) atoms.